The lowest BCUT2D eigenvalue weighted by Crippen LogP contribution is -2.26. The first-order chi connectivity index (χ1) is 12.8. The second-order valence-electron chi connectivity index (χ2n) is 6.51. The van der Waals surface area contributed by atoms with Crippen molar-refractivity contribution in [2.45, 2.75) is 24.8 Å². The number of benzene rings is 1. The van der Waals surface area contributed by atoms with Gasteiger partial charge in [-0.3, -0.25) is 4.79 Å². The van der Waals surface area contributed by atoms with Gasteiger partial charge in [-0.1, -0.05) is 36.4 Å². The first kappa shape index (κ1) is 15.3. The van der Waals surface area contributed by atoms with Crippen LogP contribution in [-0.4, -0.2) is 16.1 Å². The molecule has 2 atom stereocenters. The fraction of sp³-hybridized carbons (Fsp3) is 0.211. The maximum Gasteiger partial charge on any atom is 0.219 e. The number of aromatic nitrogens is 2. The Balaban J connectivity index is 1.62. The van der Waals surface area contributed by atoms with Crippen LogP contribution in [0.2, 0.25) is 0 Å². The van der Waals surface area contributed by atoms with Crippen molar-refractivity contribution < 1.29 is 9.42 Å². The molecule has 6 nitrogen and oxygen atoms in total. The van der Waals surface area contributed by atoms with E-state index in [1.165, 1.54) is 4.88 Å². The molecular formula is C19H16N4O2S. The molecule has 3 heterocycles. The van der Waals surface area contributed by atoms with Crippen molar-refractivity contribution in [1.82, 2.24) is 10.3 Å². The second kappa shape index (κ2) is 6.10. The summed E-state index contributed by atoms with van der Waals surface area (Å²) < 4.78 is 4.88. The van der Waals surface area contributed by atoms with Gasteiger partial charge in [-0.2, -0.15) is 0 Å². The van der Waals surface area contributed by atoms with Crippen LogP contribution >= 0.6 is 11.3 Å². The number of nitrogens with one attached hydrogen (secondary N) is 2. The summed E-state index contributed by atoms with van der Waals surface area (Å²) in [6, 6.07) is 13.8. The summed E-state index contributed by atoms with van der Waals surface area (Å²) in [5.41, 5.74) is 2.68. The van der Waals surface area contributed by atoms with Crippen molar-refractivity contribution in [3.63, 3.8) is 0 Å². The molecule has 7 heteroatoms. The summed E-state index contributed by atoms with van der Waals surface area (Å²) in [5, 5.41) is 16.6. The number of fused-ring (bicyclic) bond motifs is 1. The minimum atomic E-state index is -0.274. The van der Waals surface area contributed by atoms with Crippen LogP contribution in [0.5, 0.6) is 0 Å². The molecule has 0 amide bonds. The molecule has 1 aliphatic carbocycles. The topological polar surface area (TPSA) is 80.1 Å². The van der Waals surface area contributed by atoms with Crippen molar-refractivity contribution in [1.29, 1.82) is 0 Å². The van der Waals surface area contributed by atoms with Crippen LogP contribution in [-0.2, 0) is 4.79 Å². The molecule has 0 saturated heterocycles. The Hall–Kier alpha value is -2.93. The number of allylic oxidation sites excluding steroid dienone is 1. The summed E-state index contributed by atoms with van der Waals surface area (Å²) >= 11 is 1.70. The largest absolute Gasteiger partial charge is 0.353 e. The number of carbonyl (C=O) groups excluding carboxylic acids is 1. The van der Waals surface area contributed by atoms with Gasteiger partial charge in [0.2, 0.25) is 11.6 Å². The van der Waals surface area contributed by atoms with E-state index in [1.807, 2.05) is 36.4 Å². The van der Waals surface area contributed by atoms with E-state index in [2.05, 4.69) is 32.4 Å². The number of hydrogen-bond donors (Lipinski definition) is 2. The van der Waals surface area contributed by atoms with Crippen LogP contribution in [0, 0.1) is 0 Å². The average Bonchev–Trinajstić information content (AvgIpc) is 3.31. The van der Waals surface area contributed by atoms with E-state index in [9.17, 15) is 4.79 Å². The van der Waals surface area contributed by atoms with Crippen LogP contribution < -0.4 is 10.6 Å². The van der Waals surface area contributed by atoms with E-state index in [0.717, 1.165) is 23.3 Å². The molecule has 0 unspecified atom stereocenters. The second-order valence-corrected chi connectivity index (χ2v) is 7.49. The number of rotatable bonds is 2. The highest BCUT2D eigenvalue weighted by atomic mass is 32.1. The fourth-order valence-corrected chi connectivity index (χ4v) is 4.55. The molecule has 26 heavy (non-hydrogen) atoms. The molecule has 0 spiro atoms. The third kappa shape index (κ3) is 2.52. The Kier molecular flexibility index (Phi) is 3.60. The Morgan fingerprint density at radius 3 is 2.69 bits per heavy atom. The lowest BCUT2D eigenvalue weighted by molar-refractivity contribution is -0.116. The van der Waals surface area contributed by atoms with Gasteiger partial charge in [0.25, 0.3) is 0 Å². The van der Waals surface area contributed by atoms with E-state index in [-0.39, 0.29) is 17.7 Å². The Bertz CT molecular complexity index is 978. The van der Waals surface area contributed by atoms with E-state index >= 15 is 0 Å². The van der Waals surface area contributed by atoms with Crippen molar-refractivity contribution >= 4 is 28.8 Å². The Labute approximate surface area is 153 Å². The van der Waals surface area contributed by atoms with Crippen LogP contribution in [0.15, 0.2) is 63.7 Å². The smallest absolute Gasteiger partial charge is 0.219 e. The lowest BCUT2D eigenvalue weighted by Gasteiger charge is -2.29. The van der Waals surface area contributed by atoms with Gasteiger partial charge in [-0.25, -0.2) is 4.63 Å². The summed E-state index contributed by atoms with van der Waals surface area (Å²) in [6.07, 6.45) is 1.28. The third-order valence-corrected chi connectivity index (χ3v) is 5.95. The van der Waals surface area contributed by atoms with Gasteiger partial charge in [0.1, 0.15) is 0 Å². The highest BCUT2D eigenvalue weighted by molar-refractivity contribution is 7.10. The monoisotopic (exact) mass is 364 g/mol. The first-order valence-corrected chi connectivity index (χ1v) is 9.38. The normalized spacial score (nSPS) is 22.1. The van der Waals surface area contributed by atoms with Gasteiger partial charge in [0.15, 0.2) is 5.78 Å². The molecule has 2 aliphatic rings. The Morgan fingerprint density at radius 1 is 1.04 bits per heavy atom. The van der Waals surface area contributed by atoms with E-state index < -0.39 is 0 Å². The standard InChI is InChI=1S/C19H16N4O2S/c24-14-10-12(15-7-4-8-26-15)9-13-16(14)17(11-5-2-1-3-6-11)21-19-18(20-13)22-25-23-19/h1-8,12,17H,9-10H2,(H,20,22)(H,21,23)/t12-,17+/m1/s1. The van der Waals surface area contributed by atoms with Crippen LogP contribution in [0.1, 0.15) is 35.2 Å². The maximum absolute atomic E-state index is 13.1. The zero-order valence-corrected chi connectivity index (χ0v) is 14.6. The van der Waals surface area contributed by atoms with Crippen molar-refractivity contribution in [2.75, 3.05) is 10.6 Å². The number of anilines is 2. The summed E-state index contributed by atoms with van der Waals surface area (Å²) in [7, 11) is 0. The number of hydrogen-bond acceptors (Lipinski definition) is 7. The van der Waals surface area contributed by atoms with Crippen molar-refractivity contribution in [2.24, 2.45) is 0 Å². The molecule has 1 aliphatic heterocycles. The zero-order chi connectivity index (χ0) is 17.5. The van der Waals surface area contributed by atoms with Gasteiger partial charge < -0.3 is 10.6 Å². The quantitative estimate of drug-likeness (QED) is 0.712. The molecule has 0 radical (unpaired) electrons. The van der Waals surface area contributed by atoms with E-state index in [4.69, 9.17) is 4.63 Å². The number of ketones is 1. The molecule has 130 valence electrons. The Morgan fingerprint density at radius 2 is 1.88 bits per heavy atom. The van der Waals surface area contributed by atoms with Crippen LogP contribution in [0.3, 0.4) is 0 Å². The van der Waals surface area contributed by atoms with Gasteiger partial charge in [-0.15, -0.1) is 11.3 Å². The number of nitrogens with zero attached hydrogens (tertiary/aromatic N) is 2. The van der Waals surface area contributed by atoms with Gasteiger partial charge in [0.05, 0.1) is 6.04 Å². The average molecular weight is 364 g/mol. The zero-order valence-electron chi connectivity index (χ0n) is 13.8. The fourth-order valence-electron chi connectivity index (χ4n) is 3.72. The highest BCUT2D eigenvalue weighted by Crippen LogP contribution is 2.43. The van der Waals surface area contributed by atoms with Crippen LogP contribution in [0.4, 0.5) is 11.6 Å². The molecule has 2 aromatic heterocycles. The predicted octanol–water partition coefficient (Wildman–Crippen LogP) is 4.11. The summed E-state index contributed by atoms with van der Waals surface area (Å²) in [5.74, 6) is 1.39. The maximum atomic E-state index is 13.1. The molecule has 1 aromatic carbocycles. The van der Waals surface area contributed by atoms with E-state index in [0.29, 0.717) is 18.1 Å². The van der Waals surface area contributed by atoms with E-state index in [1.54, 1.807) is 11.3 Å². The van der Waals surface area contributed by atoms with Gasteiger partial charge in [0, 0.05) is 28.5 Å². The molecule has 0 bridgehead atoms. The summed E-state index contributed by atoms with van der Waals surface area (Å²) in [4.78, 5) is 14.4. The lowest BCUT2D eigenvalue weighted by atomic mass is 9.81. The molecule has 0 saturated carbocycles. The van der Waals surface area contributed by atoms with Gasteiger partial charge in [-0.05, 0) is 33.7 Å². The summed E-state index contributed by atoms with van der Waals surface area (Å²) in [6.45, 7) is 0. The predicted molar refractivity (Wildman–Crippen MR) is 99.1 cm³/mol. The SMILES string of the molecule is O=C1C[C@H](c2cccs2)CC2=C1[C@H](c1ccccc1)Nc1nonc1N2. The third-order valence-electron chi connectivity index (χ3n) is 4.91. The minimum Gasteiger partial charge on any atom is -0.353 e. The molecule has 3 aromatic rings. The number of Topliss-reactive ketones (excluding diaryl/α,β-unsaturated/α-hetero) is 1. The minimum absolute atomic E-state index is 0.153. The number of thiophene rings is 1. The molecule has 5 rings (SSSR count). The first-order valence-electron chi connectivity index (χ1n) is 8.50. The molecule has 2 N–H and O–H groups in total. The van der Waals surface area contributed by atoms with Gasteiger partial charge >= 0.3 is 0 Å². The van der Waals surface area contributed by atoms with Crippen molar-refractivity contribution in [3.05, 3.63) is 69.6 Å². The molecule has 0 fully saturated rings. The van der Waals surface area contributed by atoms with Crippen LogP contribution in [0.25, 0.3) is 0 Å². The number of carbonyl (C=O) groups is 1. The highest BCUT2D eigenvalue weighted by Gasteiger charge is 2.37. The molecular weight excluding hydrogens is 348 g/mol. The van der Waals surface area contributed by atoms with Crippen molar-refractivity contribution in [3.8, 4) is 0 Å².